The maximum absolute atomic E-state index is 12.3. The van der Waals surface area contributed by atoms with E-state index in [1.54, 1.807) is 0 Å². The Balaban J connectivity index is 1.89. The van der Waals surface area contributed by atoms with E-state index in [9.17, 15) is 9.59 Å². The summed E-state index contributed by atoms with van der Waals surface area (Å²) in [6.07, 6.45) is 3.81. The summed E-state index contributed by atoms with van der Waals surface area (Å²) in [5.41, 5.74) is 0. The zero-order chi connectivity index (χ0) is 13.8. The van der Waals surface area contributed by atoms with Crippen molar-refractivity contribution in [3.05, 3.63) is 0 Å². The lowest BCUT2D eigenvalue weighted by Crippen LogP contribution is -2.51. The number of nitrogens with one attached hydrogen (secondary N) is 2. The van der Waals surface area contributed by atoms with Crippen molar-refractivity contribution in [1.82, 2.24) is 15.5 Å². The number of carbonyl (C=O) groups excluding carboxylic acids is 2. The van der Waals surface area contributed by atoms with Gasteiger partial charge in [-0.3, -0.25) is 9.59 Å². The largest absolute Gasteiger partial charge is 0.354 e. The number of carbonyl (C=O) groups is 2. The number of amides is 2. The van der Waals surface area contributed by atoms with Crippen molar-refractivity contribution in [2.45, 2.75) is 51.6 Å². The molecule has 2 amide bonds. The van der Waals surface area contributed by atoms with E-state index in [0.29, 0.717) is 6.54 Å². The summed E-state index contributed by atoms with van der Waals surface area (Å²) >= 11 is 0. The molecule has 5 heteroatoms. The van der Waals surface area contributed by atoms with Gasteiger partial charge < -0.3 is 15.5 Å². The molecule has 2 heterocycles. The fourth-order valence-electron chi connectivity index (χ4n) is 2.91. The summed E-state index contributed by atoms with van der Waals surface area (Å²) in [6, 6.07) is 0.141. The second-order valence-corrected chi connectivity index (χ2v) is 5.94. The maximum Gasteiger partial charge on any atom is 0.239 e. The molecule has 2 unspecified atom stereocenters. The molecule has 19 heavy (non-hydrogen) atoms. The van der Waals surface area contributed by atoms with E-state index in [-0.39, 0.29) is 29.8 Å². The summed E-state index contributed by atoms with van der Waals surface area (Å²) in [5, 5.41) is 6.19. The van der Waals surface area contributed by atoms with Gasteiger partial charge in [-0.05, 0) is 46.1 Å². The highest BCUT2D eigenvalue weighted by atomic mass is 16.2. The van der Waals surface area contributed by atoms with Crippen LogP contribution >= 0.6 is 0 Å². The van der Waals surface area contributed by atoms with Gasteiger partial charge in [-0.25, -0.2) is 0 Å². The lowest BCUT2D eigenvalue weighted by atomic mass is 9.96. The molecule has 108 valence electrons. The van der Waals surface area contributed by atoms with Crippen LogP contribution in [-0.4, -0.2) is 48.4 Å². The van der Waals surface area contributed by atoms with E-state index >= 15 is 0 Å². The molecule has 2 rings (SSSR count). The third-order valence-electron chi connectivity index (χ3n) is 3.89. The SMILES string of the molecule is CC(C)NC(=O)C1CCCN(C(=O)C2CCCN2)C1. The summed E-state index contributed by atoms with van der Waals surface area (Å²) in [7, 11) is 0. The van der Waals surface area contributed by atoms with Crippen LogP contribution in [0.3, 0.4) is 0 Å². The normalized spacial score (nSPS) is 27.6. The van der Waals surface area contributed by atoms with Crippen molar-refractivity contribution in [2.75, 3.05) is 19.6 Å². The van der Waals surface area contributed by atoms with Crippen molar-refractivity contribution in [1.29, 1.82) is 0 Å². The quantitative estimate of drug-likeness (QED) is 0.783. The molecule has 2 fully saturated rings. The van der Waals surface area contributed by atoms with E-state index in [1.165, 1.54) is 0 Å². The summed E-state index contributed by atoms with van der Waals surface area (Å²) in [6.45, 7) is 6.23. The Hall–Kier alpha value is -1.10. The minimum atomic E-state index is -0.0403. The highest BCUT2D eigenvalue weighted by Gasteiger charge is 2.32. The van der Waals surface area contributed by atoms with Gasteiger partial charge in [-0.2, -0.15) is 0 Å². The predicted octanol–water partition coefficient (Wildman–Crippen LogP) is 0.502. The average Bonchev–Trinajstić information content (AvgIpc) is 2.91. The Kier molecular flexibility index (Phi) is 4.80. The highest BCUT2D eigenvalue weighted by Crippen LogP contribution is 2.19. The van der Waals surface area contributed by atoms with E-state index in [4.69, 9.17) is 0 Å². The van der Waals surface area contributed by atoms with Crippen LogP contribution in [0.25, 0.3) is 0 Å². The van der Waals surface area contributed by atoms with Crippen LogP contribution < -0.4 is 10.6 Å². The second-order valence-electron chi connectivity index (χ2n) is 5.94. The highest BCUT2D eigenvalue weighted by molar-refractivity contribution is 5.84. The molecule has 0 aromatic carbocycles. The number of rotatable bonds is 3. The molecule has 0 radical (unpaired) electrons. The molecule has 2 aliphatic rings. The number of hydrogen-bond donors (Lipinski definition) is 2. The first kappa shape index (κ1) is 14.3. The number of piperidine rings is 1. The van der Waals surface area contributed by atoms with Crippen molar-refractivity contribution < 1.29 is 9.59 Å². The molecule has 0 spiro atoms. The van der Waals surface area contributed by atoms with Gasteiger partial charge in [-0.1, -0.05) is 0 Å². The molecule has 0 aliphatic carbocycles. The number of nitrogens with zero attached hydrogens (tertiary/aromatic N) is 1. The van der Waals surface area contributed by atoms with Crippen LogP contribution in [0.1, 0.15) is 39.5 Å². The topological polar surface area (TPSA) is 61.4 Å². The van der Waals surface area contributed by atoms with Crippen molar-refractivity contribution >= 4 is 11.8 Å². The second kappa shape index (κ2) is 6.37. The summed E-state index contributed by atoms with van der Waals surface area (Å²) in [4.78, 5) is 26.2. The molecule has 0 saturated carbocycles. The third-order valence-corrected chi connectivity index (χ3v) is 3.89. The zero-order valence-electron chi connectivity index (χ0n) is 11.9. The fraction of sp³-hybridized carbons (Fsp3) is 0.857. The predicted molar refractivity (Wildman–Crippen MR) is 73.6 cm³/mol. The first-order valence-corrected chi connectivity index (χ1v) is 7.40. The maximum atomic E-state index is 12.3. The Morgan fingerprint density at radius 3 is 2.68 bits per heavy atom. The average molecular weight is 267 g/mol. The monoisotopic (exact) mass is 267 g/mol. The third kappa shape index (κ3) is 3.69. The molecule has 5 nitrogen and oxygen atoms in total. The van der Waals surface area contributed by atoms with Crippen LogP contribution in [0.4, 0.5) is 0 Å². The number of likely N-dealkylation sites (tertiary alicyclic amines) is 1. The van der Waals surface area contributed by atoms with Gasteiger partial charge in [0.1, 0.15) is 0 Å². The van der Waals surface area contributed by atoms with Crippen molar-refractivity contribution in [2.24, 2.45) is 5.92 Å². The molecular formula is C14H25N3O2. The minimum Gasteiger partial charge on any atom is -0.354 e. The van der Waals surface area contributed by atoms with Gasteiger partial charge in [-0.15, -0.1) is 0 Å². The summed E-state index contributed by atoms with van der Waals surface area (Å²) < 4.78 is 0. The molecule has 0 aromatic heterocycles. The Bertz CT molecular complexity index is 338. The Morgan fingerprint density at radius 1 is 1.26 bits per heavy atom. The molecule has 2 atom stereocenters. The minimum absolute atomic E-state index is 0.0214. The Labute approximate surface area is 115 Å². The van der Waals surface area contributed by atoms with Crippen LogP contribution in [0.5, 0.6) is 0 Å². The van der Waals surface area contributed by atoms with E-state index in [1.807, 2.05) is 18.7 Å². The van der Waals surface area contributed by atoms with Crippen LogP contribution in [-0.2, 0) is 9.59 Å². The number of hydrogen-bond acceptors (Lipinski definition) is 3. The lowest BCUT2D eigenvalue weighted by Gasteiger charge is -2.34. The molecule has 2 N–H and O–H groups in total. The van der Waals surface area contributed by atoms with Crippen LogP contribution in [0.15, 0.2) is 0 Å². The van der Waals surface area contributed by atoms with E-state index in [2.05, 4.69) is 10.6 Å². The standard InChI is InChI=1S/C14H25N3O2/c1-10(2)16-13(18)11-5-4-8-17(9-11)14(19)12-6-3-7-15-12/h10-12,15H,3-9H2,1-2H3,(H,16,18). The van der Waals surface area contributed by atoms with Crippen LogP contribution in [0, 0.1) is 5.92 Å². The van der Waals surface area contributed by atoms with Gasteiger partial charge in [0.2, 0.25) is 11.8 Å². The molecule has 2 saturated heterocycles. The fourth-order valence-corrected chi connectivity index (χ4v) is 2.91. The molecule has 2 aliphatic heterocycles. The van der Waals surface area contributed by atoms with Crippen LogP contribution in [0.2, 0.25) is 0 Å². The lowest BCUT2D eigenvalue weighted by molar-refractivity contribution is -0.137. The van der Waals surface area contributed by atoms with Gasteiger partial charge in [0, 0.05) is 19.1 Å². The van der Waals surface area contributed by atoms with Gasteiger partial charge in [0.05, 0.1) is 12.0 Å². The van der Waals surface area contributed by atoms with Gasteiger partial charge >= 0.3 is 0 Å². The van der Waals surface area contributed by atoms with Gasteiger partial charge in [0.15, 0.2) is 0 Å². The first-order valence-electron chi connectivity index (χ1n) is 7.40. The molecular weight excluding hydrogens is 242 g/mol. The zero-order valence-corrected chi connectivity index (χ0v) is 11.9. The molecule has 0 aromatic rings. The van der Waals surface area contributed by atoms with Gasteiger partial charge in [0.25, 0.3) is 0 Å². The van der Waals surface area contributed by atoms with E-state index in [0.717, 1.165) is 38.8 Å². The Morgan fingerprint density at radius 2 is 2.05 bits per heavy atom. The first-order chi connectivity index (χ1) is 9.08. The smallest absolute Gasteiger partial charge is 0.239 e. The van der Waals surface area contributed by atoms with Crippen molar-refractivity contribution in [3.8, 4) is 0 Å². The van der Waals surface area contributed by atoms with E-state index < -0.39 is 0 Å². The van der Waals surface area contributed by atoms with Crippen molar-refractivity contribution in [3.63, 3.8) is 0 Å². The summed E-state index contributed by atoms with van der Waals surface area (Å²) in [5.74, 6) is 0.230. The molecule has 0 bridgehead atoms.